The molecule has 1 saturated heterocycles. The molecule has 228 valence electrons. The molecule has 0 spiro atoms. The second-order valence-corrected chi connectivity index (χ2v) is 11.4. The van der Waals surface area contributed by atoms with Crippen LogP contribution >= 0.6 is 0 Å². The maximum atomic E-state index is 15.2. The van der Waals surface area contributed by atoms with E-state index in [1.807, 2.05) is 27.7 Å². The van der Waals surface area contributed by atoms with Crippen molar-refractivity contribution in [2.75, 3.05) is 51.9 Å². The molecule has 10 nitrogen and oxygen atoms in total. The molecule has 0 saturated carbocycles. The average molecular weight is 592 g/mol. The Kier molecular flexibility index (Phi) is 9.12. The van der Waals surface area contributed by atoms with Crippen LogP contribution in [0.1, 0.15) is 43.4 Å². The molecule has 1 fully saturated rings. The molecule has 0 radical (unpaired) electrons. The van der Waals surface area contributed by atoms with Gasteiger partial charge in [-0.2, -0.15) is 5.10 Å². The highest BCUT2D eigenvalue weighted by Gasteiger charge is 2.21. The van der Waals surface area contributed by atoms with Crippen LogP contribution in [0.2, 0.25) is 0 Å². The highest BCUT2D eigenvalue weighted by atomic mass is 19.1. The van der Waals surface area contributed by atoms with Gasteiger partial charge >= 0.3 is 0 Å². The number of pyridine rings is 1. The number of hydrogen-bond acceptors (Lipinski definition) is 8. The predicted molar refractivity (Wildman–Crippen MR) is 162 cm³/mol. The lowest BCUT2D eigenvalue weighted by atomic mass is 10.1. The largest absolute Gasteiger partial charge is 0.493 e. The quantitative estimate of drug-likeness (QED) is 0.232. The predicted octanol–water partition coefficient (Wildman–Crippen LogP) is 5.79. The Morgan fingerprint density at radius 1 is 1.05 bits per heavy atom. The number of benzene rings is 2. The normalized spacial score (nSPS) is 14.1. The fourth-order valence-electron chi connectivity index (χ4n) is 5.02. The lowest BCUT2D eigenvalue weighted by Crippen LogP contribution is -2.37. The van der Waals surface area contributed by atoms with Crippen LogP contribution in [0.25, 0.3) is 10.9 Å². The van der Waals surface area contributed by atoms with Crippen molar-refractivity contribution in [3.8, 4) is 23.0 Å². The van der Waals surface area contributed by atoms with Crippen LogP contribution in [-0.2, 0) is 10.3 Å². The first kappa shape index (κ1) is 30.2. The number of amides is 1. The van der Waals surface area contributed by atoms with Crippen molar-refractivity contribution in [3.05, 3.63) is 65.9 Å². The summed E-state index contributed by atoms with van der Waals surface area (Å²) in [6, 6.07) is 11.2. The first-order valence-corrected chi connectivity index (χ1v) is 14.4. The number of methoxy groups -OCH3 is 1. The van der Waals surface area contributed by atoms with Gasteiger partial charge in [-0.1, -0.05) is 0 Å². The molecule has 1 N–H and O–H groups in total. The molecule has 5 rings (SSSR count). The van der Waals surface area contributed by atoms with Crippen molar-refractivity contribution in [2.24, 2.45) is 0 Å². The number of morpholine rings is 1. The number of rotatable bonds is 10. The number of halogens is 1. The monoisotopic (exact) mass is 591 g/mol. The molecule has 1 aliphatic rings. The number of carbonyl (C=O) groups is 1. The van der Waals surface area contributed by atoms with E-state index in [0.29, 0.717) is 34.8 Å². The van der Waals surface area contributed by atoms with Gasteiger partial charge in [0.2, 0.25) is 0 Å². The van der Waals surface area contributed by atoms with Crippen molar-refractivity contribution in [2.45, 2.75) is 39.7 Å². The minimum absolute atomic E-state index is 0.000704. The summed E-state index contributed by atoms with van der Waals surface area (Å²) < 4.78 is 40.0. The van der Waals surface area contributed by atoms with Gasteiger partial charge in [0.05, 0.1) is 38.0 Å². The third-order valence-corrected chi connectivity index (χ3v) is 7.13. The molecule has 2 aromatic carbocycles. The molecule has 1 aliphatic heterocycles. The van der Waals surface area contributed by atoms with E-state index in [-0.39, 0.29) is 22.7 Å². The average Bonchev–Trinajstić information content (AvgIpc) is 3.39. The summed E-state index contributed by atoms with van der Waals surface area (Å²) in [7, 11) is 1.57. The van der Waals surface area contributed by atoms with Gasteiger partial charge in [0, 0.05) is 54.7 Å². The van der Waals surface area contributed by atoms with Crippen molar-refractivity contribution >= 4 is 22.5 Å². The van der Waals surface area contributed by atoms with Crippen molar-refractivity contribution in [3.63, 3.8) is 0 Å². The smallest absolute Gasteiger partial charge is 0.276 e. The van der Waals surface area contributed by atoms with E-state index in [9.17, 15) is 4.79 Å². The number of fused-ring (bicyclic) bond motifs is 1. The molecular formula is C32H38FN5O5. The Morgan fingerprint density at radius 3 is 2.53 bits per heavy atom. The molecule has 43 heavy (non-hydrogen) atoms. The summed E-state index contributed by atoms with van der Waals surface area (Å²) in [6.45, 7) is 12.8. The summed E-state index contributed by atoms with van der Waals surface area (Å²) in [5.41, 5.74) is 1.75. The standard InChI is InChI=1S/C32H38FN5O5/c1-21-17-26(36-38(21)32(2,3)4)31(39)35-22-7-8-28(24(33)18-22)43-27-9-10-34-25-20-30(29(40-5)19-23(25)27)42-14-6-11-37-12-15-41-16-13-37/h7-10,17-20H,6,11-16H2,1-5H3,(H,35,39). The molecule has 11 heteroatoms. The maximum Gasteiger partial charge on any atom is 0.276 e. The number of aromatic nitrogens is 3. The number of hydrogen-bond donors (Lipinski definition) is 1. The Labute approximate surface area is 250 Å². The third kappa shape index (κ3) is 7.23. The number of carbonyl (C=O) groups excluding carboxylic acids is 1. The minimum atomic E-state index is -0.633. The van der Waals surface area contributed by atoms with E-state index >= 15 is 4.39 Å². The Balaban J connectivity index is 1.27. The summed E-state index contributed by atoms with van der Waals surface area (Å²) in [5, 5.41) is 7.77. The van der Waals surface area contributed by atoms with E-state index in [1.54, 1.807) is 48.3 Å². The Hall–Kier alpha value is -4.22. The van der Waals surface area contributed by atoms with Crippen LogP contribution in [0.15, 0.2) is 48.7 Å². The topological polar surface area (TPSA) is 100.0 Å². The summed E-state index contributed by atoms with van der Waals surface area (Å²) in [5.74, 6) is 0.452. The maximum absolute atomic E-state index is 15.2. The van der Waals surface area contributed by atoms with Crippen molar-refractivity contribution in [1.29, 1.82) is 0 Å². The molecule has 0 atom stereocenters. The van der Waals surface area contributed by atoms with E-state index in [4.69, 9.17) is 18.9 Å². The van der Waals surface area contributed by atoms with Gasteiger partial charge in [-0.25, -0.2) is 4.39 Å². The van der Waals surface area contributed by atoms with E-state index < -0.39 is 11.7 Å². The molecule has 3 heterocycles. The van der Waals surface area contributed by atoms with Crippen LogP contribution in [0.5, 0.6) is 23.0 Å². The lowest BCUT2D eigenvalue weighted by molar-refractivity contribution is 0.0357. The Morgan fingerprint density at radius 2 is 1.84 bits per heavy atom. The number of nitrogens with one attached hydrogen (secondary N) is 1. The van der Waals surface area contributed by atoms with Crippen molar-refractivity contribution < 1.29 is 28.1 Å². The highest BCUT2D eigenvalue weighted by Crippen LogP contribution is 2.38. The minimum Gasteiger partial charge on any atom is -0.493 e. The van der Waals surface area contributed by atoms with Gasteiger partial charge in [0.25, 0.3) is 5.91 Å². The molecule has 2 aromatic heterocycles. The van der Waals surface area contributed by atoms with E-state index in [2.05, 4.69) is 20.3 Å². The van der Waals surface area contributed by atoms with E-state index in [1.165, 1.54) is 12.1 Å². The van der Waals surface area contributed by atoms with Gasteiger partial charge in [0.1, 0.15) is 5.75 Å². The van der Waals surface area contributed by atoms with Crippen LogP contribution in [0.4, 0.5) is 10.1 Å². The summed E-state index contributed by atoms with van der Waals surface area (Å²) in [6.07, 6.45) is 2.46. The lowest BCUT2D eigenvalue weighted by Gasteiger charge is -2.26. The Bertz CT molecular complexity index is 1590. The second-order valence-electron chi connectivity index (χ2n) is 11.4. The van der Waals surface area contributed by atoms with Crippen LogP contribution in [0, 0.1) is 12.7 Å². The summed E-state index contributed by atoms with van der Waals surface area (Å²) in [4.78, 5) is 19.6. The van der Waals surface area contributed by atoms with Gasteiger partial charge in [-0.3, -0.25) is 19.4 Å². The van der Waals surface area contributed by atoms with Gasteiger partial charge < -0.3 is 24.3 Å². The number of anilines is 1. The number of aryl methyl sites for hydroxylation is 1. The van der Waals surface area contributed by atoms with Gasteiger partial charge in [-0.05, 0) is 64.4 Å². The fourth-order valence-corrected chi connectivity index (χ4v) is 5.02. The number of nitrogens with zero attached hydrogens (tertiary/aromatic N) is 4. The van der Waals surface area contributed by atoms with Crippen molar-refractivity contribution in [1.82, 2.24) is 19.7 Å². The third-order valence-electron chi connectivity index (χ3n) is 7.13. The summed E-state index contributed by atoms with van der Waals surface area (Å²) >= 11 is 0. The fraction of sp³-hybridized carbons (Fsp3) is 0.406. The van der Waals surface area contributed by atoms with Crippen LogP contribution in [-0.4, -0.2) is 72.1 Å². The molecular weight excluding hydrogens is 553 g/mol. The second kappa shape index (κ2) is 13.0. The first-order chi connectivity index (χ1) is 20.6. The highest BCUT2D eigenvalue weighted by molar-refractivity contribution is 6.03. The van der Waals surface area contributed by atoms with Gasteiger partial charge in [0.15, 0.2) is 28.8 Å². The molecule has 0 bridgehead atoms. The molecule has 0 aliphatic carbocycles. The van der Waals surface area contributed by atoms with E-state index in [0.717, 1.165) is 45.0 Å². The van der Waals surface area contributed by atoms with Gasteiger partial charge in [-0.15, -0.1) is 0 Å². The zero-order valence-electron chi connectivity index (χ0n) is 25.3. The molecule has 1 amide bonds. The molecule has 0 unspecified atom stereocenters. The zero-order valence-corrected chi connectivity index (χ0v) is 25.3. The van der Waals surface area contributed by atoms with Crippen LogP contribution < -0.4 is 19.5 Å². The first-order valence-electron chi connectivity index (χ1n) is 14.4. The SMILES string of the molecule is COc1cc2c(Oc3ccc(NC(=O)c4cc(C)n(C(C)(C)C)n4)cc3F)ccnc2cc1OCCCN1CCOCC1. The molecule has 4 aromatic rings. The zero-order chi connectivity index (χ0) is 30.6. The van der Waals surface area contributed by atoms with Crippen LogP contribution in [0.3, 0.4) is 0 Å². The number of ether oxygens (including phenoxy) is 4.